The summed E-state index contributed by atoms with van der Waals surface area (Å²) in [6.45, 7) is 4.46. The van der Waals surface area contributed by atoms with E-state index in [0.717, 1.165) is 33.7 Å². The minimum atomic E-state index is -0.138. The second-order valence-corrected chi connectivity index (χ2v) is 7.44. The van der Waals surface area contributed by atoms with Crippen molar-refractivity contribution in [2.24, 2.45) is 0 Å². The van der Waals surface area contributed by atoms with Gasteiger partial charge in [0.25, 0.3) is 0 Å². The number of hydrogen-bond acceptors (Lipinski definition) is 4. The lowest BCUT2D eigenvalue weighted by atomic mass is 10.1. The number of anilines is 1. The molecule has 3 aromatic carbocycles. The molecule has 0 bridgehead atoms. The van der Waals surface area contributed by atoms with Crippen molar-refractivity contribution in [1.82, 2.24) is 9.55 Å². The van der Waals surface area contributed by atoms with Gasteiger partial charge >= 0.3 is 0 Å². The molecule has 0 aliphatic heterocycles. The molecule has 0 saturated carbocycles. The minimum absolute atomic E-state index is 0.137. The zero-order valence-electron chi connectivity index (χ0n) is 17.9. The Balaban J connectivity index is 1.55. The molecule has 31 heavy (non-hydrogen) atoms. The Labute approximate surface area is 181 Å². The van der Waals surface area contributed by atoms with E-state index in [4.69, 9.17) is 14.5 Å². The lowest BCUT2D eigenvalue weighted by Crippen LogP contribution is -2.20. The second kappa shape index (κ2) is 8.92. The molecule has 0 unspecified atom stereocenters. The summed E-state index contributed by atoms with van der Waals surface area (Å²) >= 11 is 0. The molecular formula is C25H25N3O3. The molecule has 0 aliphatic rings. The van der Waals surface area contributed by atoms with Gasteiger partial charge in [-0.05, 0) is 67.4 Å². The van der Waals surface area contributed by atoms with Gasteiger partial charge < -0.3 is 19.4 Å². The molecule has 0 atom stereocenters. The van der Waals surface area contributed by atoms with Crippen LogP contribution in [0.1, 0.15) is 17.0 Å². The Morgan fingerprint density at radius 2 is 1.81 bits per heavy atom. The van der Waals surface area contributed by atoms with Gasteiger partial charge in [0.05, 0.1) is 18.1 Å². The van der Waals surface area contributed by atoms with Crippen LogP contribution in [-0.2, 0) is 17.9 Å². The number of methoxy groups -OCH3 is 1. The number of imidazole rings is 1. The average Bonchev–Trinajstić information content (AvgIpc) is 3.12. The van der Waals surface area contributed by atoms with E-state index < -0.39 is 0 Å². The highest BCUT2D eigenvalue weighted by Gasteiger charge is 2.15. The Bertz CT molecular complexity index is 1210. The third-order valence-electron chi connectivity index (χ3n) is 5.11. The van der Waals surface area contributed by atoms with Crippen LogP contribution in [0.2, 0.25) is 0 Å². The maximum absolute atomic E-state index is 12.8. The van der Waals surface area contributed by atoms with Crippen molar-refractivity contribution in [3.05, 3.63) is 83.7 Å². The number of aromatic nitrogens is 2. The van der Waals surface area contributed by atoms with Crippen molar-refractivity contribution < 1.29 is 14.3 Å². The number of nitrogens with one attached hydrogen (secondary N) is 1. The van der Waals surface area contributed by atoms with Gasteiger partial charge in [-0.3, -0.25) is 4.79 Å². The molecule has 1 heterocycles. The predicted molar refractivity (Wildman–Crippen MR) is 122 cm³/mol. The largest absolute Gasteiger partial charge is 0.497 e. The summed E-state index contributed by atoms with van der Waals surface area (Å²) in [6.07, 6.45) is 0. The monoisotopic (exact) mass is 415 g/mol. The van der Waals surface area contributed by atoms with Crippen molar-refractivity contribution in [1.29, 1.82) is 0 Å². The molecule has 1 amide bonds. The van der Waals surface area contributed by atoms with Gasteiger partial charge in [-0.15, -0.1) is 0 Å². The third kappa shape index (κ3) is 4.69. The second-order valence-electron chi connectivity index (χ2n) is 7.44. The van der Waals surface area contributed by atoms with Crippen molar-refractivity contribution in [2.75, 3.05) is 12.4 Å². The van der Waals surface area contributed by atoms with Crippen LogP contribution in [0.25, 0.3) is 11.0 Å². The summed E-state index contributed by atoms with van der Waals surface area (Å²) in [7, 11) is 1.61. The van der Waals surface area contributed by atoms with Crippen molar-refractivity contribution in [3.8, 4) is 11.5 Å². The van der Waals surface area contributed by atoms with Crippen LogP contribution in [0.3, 0.4) is 0 Å². The van der Waals surface area contributed by atoms with Crippen molar-refractivity contribution >= 4 is 22.6 Å². The van der Waals surface area contributed by atoms with E-state index in [1.807, 2.05) is 79.1 Å². The molecule has 158 valence electrons. The number of rotatable bonds is 7. The number of amides is 1. The van der Waals surface area contributed by atoms with Crippen LogP contribution < -0.4 is 14.8 Å². The average molecular weight is 415 g/mol. The Morgan fingerprint density at radius 3 is 2.58 bits per heavy atom. The first-order valence-corrected chi connectivity index (χ1v) is 10.1. The number of benzene rings is 3. The summed E-state index contributed by atoms with van der Waals surface area (Å²) in [6, 6.07) is 21.1. The molecule has 0 fully saturated rings. The normalized spacial score (nSPS) is 10.8. The number of aryl methyl sites for hydroxylation is 2. The first kappa shape index (κ1) is 20.5. The minimum Gasteiger partial charge on any atom is -0.497 e. The molecule has 4 rings (SSSR count). The number of carbonyl (C=O) groups is 1. The first-order chi connectivity index (χ1) is 15.0. The molecule has 1 N–H and O–H groups in total. The van der Waals surface area contributed by atoms with E-state index in [1.165, 1.54) is 0 Å². The zero-order chi connectivity index (χ0) is 21.8. The number of fused-ring (bicyclic) bond motifs is 1. The molecule has 4 aromatic rings. The molecule has 0 radical (unpaired) electrons. The number of carbonyl (C=O) groups excluding carboxylic acids is 1. The number of nitrogens with zero attached hydrogens (tertiary/aromatic N) is 2. The van der Waals surface area contributed by atoms with Gasteiger partial charge in [0.15, 0.2) is 0 Å². The van der Waals surface area contributed by atoms with E-state index in [2.05, 4.69) is 11.4 Å². The lowest BCUT2D eigenvalue weighted by Gasteiger charge is -2.13. The van der Waals surface area contributed by atoms with Gasteiger partial charge in [0.2, 0.25) is 5.91 Å². The topological polar surface area (TPSA) is 65.4 Å². The lowest BCUT2D eigenvalue weighted by molar-refractivity contribution is -0.116. The summed E-state index contributed by atoms with van der Waals surface area (Å²) in [5.41, 5.74) is 4.63. The van der Waals surface area contributed by atoms with Crippen LogP contribution in [0.15, 0.2) is 66.7 Å². The highest BCUT2D eigenvalue weighted by atomic mass is 16.5. The smallest absolute Gasteiger partial charge is 0.244 e. The summed E-state index contributed by atoms with van der Waals surface area (Å²) in [5, 5.41) is 2.93. The van der Waals surface area contributed by atoms with E-state index in [9.17, 15) is 4.79 Å². The van der Waals surface area contributed by atoms with E-state index in [0.29, 0.717) is 11.5 Å². The fraction of sp³-hybridized carbons (Fsp3) is 0.200. The van der Waals surface area contributed by atoms with Crippen LogP contribution in [0.5, 0.6) is 11.5 Å². The van der Waals surface area contributed by atoms with Gasteiger partial charge in [0, 0.05) is 5.69 Å². The Hall–Kier alpha value is -3.80. The molecule has 0 spiro atoms. The van der Waals surface area contributed by atoms with Crippen molar-refractivity contribution in [2.45, 2.75) is 27.0 Å². The van der Waals surface area contributed by atoms with Crippen LogP contribution >= 0.6 is 0 Å². The maximum atomic E-state index is 12.8. The van der Waals surface area contributed by atoms with Crippen LogP contribution in [0.4, 0.5) is 5.69 Å². The van der Waals surface area contributed by atoms with E-state index in [-0.39, 0.29) is 19.1 Å². The molecule has 6 nitrogen and oxygen atoms in total. The molecule has 0 aliphatic carbocycles. The molecule has 1 aromatic heterocycles. The fourth-order valence-corrected chi connectivity index (χ4v) is 3.44. The number of hydrogen-bond donors (Lipinski definition) is 1. The van der Waals surface area contributed by atoms with Crippen LogP contribution in [0, 0.1) is 13.8 Å². The summed E-state index contributed by atoms with van der Waals surface area (Å²) in [4.78, 5) is 17.5. The summed E-state index contributed by atoms with van der Waals surface area (Å²) < 4.78 is 13.1. The number of para-hydroxylation sites is 2. The third-order valence-corrected chi connectivity index (χ3v) is 5.11. The quantitative estimate of drug-likeness (QED) is 0.467. The van der Waals surface area contributed by atoms with Gasteiger partial charge in [-0.25, -0.2) is 4.98 Å². The van der Waals surface area contributed by atoms with Crippen LogP contribution in [-0.4, -0.2) is 22.6 Å². The Morgan fingerprint density at radius 1 is 1.03 bits per heavy atom. The standard InChI is InChI=1S/C25H25N3O3/c1-17-8-9-18(2)23(14-17)31-16-24-27-21-6-4-5-7-22(21)28(24)15-25(29)26-19-10-12-20(30-3)13-11-19/h4-14H,15-16H2,1-3H3,(H,26,29). The van der Waals surface area contributed by atoms with Gasteiger partial charge in [-0.2, -0.15) is 0 Å². The zero-order valence-corrected chi connectivity index (χ0v) is 17.9. The van der Waals surface area contributed by atoms with Gasteiger partial charge in [-0.1, -0.05) is 24.3 Å². The number of ether oxygens (including phenoxy) is 2. The Kier molecular flexibility index (Phi) is 5.89. The highest BCUT2D eigenvalue weighted by Crippen LogP contribution is 2.22. The SMILES string of the molecule is COc1ccc(NC(=O)Cn2c(COc3cc(C)ccc3C)nc3ccccc32)cc1. The highest BCUT2D eigenvalue weighted by molar-refractivity contribution is 5.91. The van der Waals surface area contributed by atoms with Crippen molar-refractivity contribution in [3.63, 3.8) is 0 Å². The molecular weight excluding hydrogens is 390 g/mol. The van der Waals surface area contributed by atoms with E-state index >= 15 is 0 Å². The summed E-state index contributed by atoms with van der Waals surface area (Å²) in [5.74, 6) is 2.12. The molecule has 6 heteroatoms. The van der Waals surface area contributed by atoms with E-state index in [1.54, 1.807) is 7.11 Å². The van der Waals surface area contributed by atoms with Gasteiger partial charge in [0.1, 0.15) is 30.5 Å². The first-order valence-electron chi connectivity index (χ1n) is 10.1. The fourth-order valence-electron chi connectivity index (χ4n) is 3.44. The predicted octanol–water partition coefficient (Wildman–Crippen LogP) is 4.88. The molecule has 0 saturated heterocycles. The maximum Gasteiger partial charge on any atom is 0.244 e.